The molecule has 0 aliphatic carbocycles. The number of aromatic nitrogens is 2. The van der Waals surface area contributed by atoms with E-state index < -0.39 is 0 Å². The van der Waals surface area contributed by atoms with Crippen molar-refractivity contribution >= 4 is 0 Å². The van der Waals surface area contributed by atoms with Crippen molar-refractivity contribution in [3.8, 4) is 0 Å². The Hall–Kier alpha value is -1.16. The maximum absolute atomic E-state index is 11.9. The molecule has 0 aliphatic rings. The predicted molar refractivity (Wildman–Crippen MR) is 70.2 cm³/mol. The van der Waals surface area contributed by atoms with Gasteiger partial charge in [0.15, 0.2) is 0 Å². The zero-order valence-electron chi connectivity index (χ0n) is 11.7. The first kappa shape index (κ1) is 13.9. The van der Waals surface area contributed by atoms with Crippen molar-refractivity contribution in [1.29, 1.82) is 0 Å². The summed E-state index contributed by atoms with van der Waals surface area (Å²) >= 11 is 0. The summed E-state index contributed by atoms with van der Waals surface area (Å²) < 4.78 is 1.43. The molecule has 0 spiro atoms. The van der Waals surface area contributed by atoms with Crippen molar-refractivity contribution in [2.45, 2.75) is 52.6 Å². The highest BCUT2D eigenvalue weighted by Crippen LogP contribution is 2.19. The monoisotopic (exact) mass is 237 g/mol. The summed E-state index contributed by atoms with van der Waals surface area (Å²) in [5.74, 6) is 0. The van der Waals surface area contributed by atoms with Gasteiger partial charge in [0.05, 0.1) is 5.69 Å². The molecule has 0 radical (unpaired) electrons. The summed E-state index contributed by atoms with van der Waals surface area (Å²) in [5, 5.41) is 7.58. The van der Waals surface area contributed by atoms with Gasteiger partial charge in [0.2, 0.25) is 0 Å². The predicted octanol–water partition coefficient (Wildman–Crippen LogP) is 1.58. The minimum Gasteiger partial charge on any atom is -0.310 e. The minimum atomic E-state index is -0.0436. The molecule has 4 nitrogen and oxygen atoms in total. The molecular formula is C13H23N3O. The molecule has 1 rings (SSSR count). The van der Waals surface area contributed by atoms with Crippen LogP contribution in [0.4, 0.5) is 0 Å². The largest absolute Gasteiger partial charge is 0.310 e. The Morgan fingerprint density at radius 3 is 2.47 bits per heavy atom. The number of nitrogens with one attached hydrogen (secondary N) is 1. The van der Waals surface area contributed by atoms with E-state index in [1.807, 2.05) is 6.07 Å². The van der Waals surface area contributed by atoms with Crippen LogP contribution in [0.15, 0.2) is 10.9 Å². The van der Waals surface area contributed by atoms with Gasteiger partial charge >= 0.3 is 0 Å². The molecule has 1 N–H and O–H groups in total. The van der Waals surface area contributed by atoms with Crippen LogP contribution in [0.2, 0.25) is 0 Å². The van der Waals surface area contributed by atoms with E-state index in [2.05, 4.69) is 45.0 Å². The lowest BCUT2D eigenvalue weighted by molar-refractivity contribution is 0.519. The lowest BCUT2D eigenvalue weighted by atomic mass is 9.91. The third-order valence-electron chi connectivity index (χ3n) is 2.61. The van der Waals surface area contributed by atoms with E-state index in [-0.39, 0.29) is 11.0 Å². The molecule has 0 amide bonds. The number of hydrogen-bond donors (Lipinski definition) is 1. The van der Waals surface area contributed by atoms with Gasteiger partial charge in [-0.05, 0) is 6.07 Å². The van der Waals surface area contributed by atoms with Crippen molar-refractivity contribution < 1.29 is 0 Å². The standard InChI is InChI=1S/C13H23N3O/c1-9(2)14-8-10-7-11(13(3,4)5)15-16(6)12(10)17/h7,9,14H,8H2,1-6H3. The molecule has 0 atom stereocenters. The highest BCUT2D eigenvalue weighted by Gasteiger charge is 2.18. The molecule has 0 aliphatic heterocycles. The Kier molecular flexibility index (Phi) is 4.09. The second-order valence-electron chi connectivity index (χ2n) is 5.77. The first-order valence-corrected chi connectivity index (χ1v) is 6.03. The van der Waals surface area contributed by atoms with Crippen molar-refractivity contribution in [2.75, 3.05) is 0 Å². The van der Waals surface area contributed by atoms with Crippen molar-refractivity contribution in [3.05, 3.63) is 27.7 Å². The van der Waals surface area contributed by atoms with Gasteiger partial charge in [-0.1, -0.05) is 34.6 Å². The Labute approximate surface area is 103 Å². The van der Waals surface area contributed by atoms with Gasteiger partial charge in [-0.3, -0.25) is 4.79 Å². The topological polar surface area (TPSA) is 46.9 Å². The number of aryl methyl sites for hydroxylation is 1. The third-order valence-corrected chi connectivity index (χ3v) is 2.61. The summed E-state index contributed by atoms with van der Waals surface area (Å²) in [5.41, 5.74) is 1.66. The van der Waals surface area contributed by atoms with E-state index in [1.54, 1.807) is 7.05 Å². The smallest absolute Gasteiger partial charge is 0.270 e. The normalized spacial score (nSPS) is 12.2. The van der Waals surface area contributed by atoms with Crippen LogP contribution in [-0.2, 0) is 19.0 Å². The van der Waals surface area contributed by atoms with Crippen LogP contribution in [0.5, 0.6) is 0 Å². The maximum Gasteiger partial charge on any atom is 0.270 e. The number of hydrogen-bond acceptors (Lipinski definition) is 3. The van der Waals surface area contributed by atoms with Gasteiger partial charge in [0.25, 0.3) is 5.56 Å². The van der Waals surface area contributed by atoms with Gasteiger partial charge < -0.3 is 5.32 Å². The molecule has 0 fully saturated rings. The van der Waals surface area contributed by atoms with Gasteiger partial charge in [0, 0.05) is 30.6 Å². The molecular weight excluding hydrogens is 214 g/mol. The van der Waals surface area contributed by atoms with Gasteiger partial charge in [-0.25, -0.2) is 4.68 Å². The average Bonchev–Trinajstić information content (AvgIpc) is 2.18. The molecule has 17 heavy (non-hydrogen) atoms. The van der Waals surface area contributed by atoms with Gasteiger partial charge in [-0.15, -0.1) is 0 Å². The minimum absolute atomic E-state index is 0.0221. The Bertz CT molecular complexity index is 441. The second-order valence-corrected chi connectivity index (χ2v) is 5.77. The fourth-order valence-corrected chi connectivity index (χ4v) is 1.48. The van der Waals surface area contributed by atoms with Crippen molar-refractivity contribution in [3.63, 3.8) is 0 Å². The van der Waals surface area contributed by atoms with E-state index >= 15 is 0 Å². The van der Waals surface area contributed by atoms with Crippen LogP contribution in [0.3, 0.4) is 0 Å². The fraction of sp³-hybridized carbons (Fsp3) is 0.692. The fourth-order valence-electron chi connectivity index (χ4n) is 1.48. The van der Waals surface area contributed by atoms with E-state index in [0.717, 1.165) is 11.3 Å². The van der Waals surface area contributed by atoms with Crippen LogP contribution >= 0.6 is 0 Å². The molecule has 0 aromatic carbocycles. The zero-order chi connectivity index (χ0) is 13.2. The zero-order valence-corrected chi connectivity index (χ0v) is 11.7. The quantitative estimate of drug-likeness (QED) is 0.868. The Morgan fingerprint density at radius 1 is 1.41 bits per heavy atom. The van der Waals surface area contributed by atoms with Crippen LogP contribution in [0.1, 0.15) is 45.9 Å². The van der Waals surface area contributed by atoms with E-state index in [0.29, 0.717) is 12.6 Å². The van der Waals surface area contributed by atoms with Crippen LogP contribution in [0, 0.1) is 0 Å². The molecule has 0 bridgehead atoms. The lowest BCUT2D eigenvalue weighted by Crippen LogP contribution is -2.32. The highest BCUT2D eigenvalue weighted by molar-refractivity contribution is 5.19. The van der Waals surface area contributed by atoms with Crippen molar-refractivity contribution in [2.24, 2.45) is 7.05 Å². The van der Waals surface area contributed by atoms with E-state index in [1.165, 1.54) is 4.68 Å². The first-order chi connectivity index (χ1) is 7.71. The molecule has 4 heteroatoms. The summed E-state index contributed by atoms with van der Waals surface area (Å²) in [6.45, 7) is 11.0. The summed E-state index contributed by atoms with van der Waals surface area (Å²) in [4.78, 5) is 11.9. The Balaban J connectivity index is 3.12. The van der Waals surface area contributed by atoms with Crippen molar-refractivity contribution in [1.82, 2.24) is 15.1 Å². The molecule has 1 aromatic heterocycles. The lowest BCUT2D eigenvalue weighted by Gasteiger charge is -2.19. The molecule has 0 unspecified atom stereocenters. The third kappa shape index (κ3) is 3.66. The summed E-state index contributed by atoms with van der Waals surface area (Å²) in [7, 11) is 1.70. The molecule has 1 aromatic rings. The molecule has 96 valence electrons. The molecule has 0 saturated heterocycles. The number of nitrogens with zero attached hydrogens (tertiary/aromatic N) is 2. The summed E-state index contributed by atoms with van der Waals surface area (Å²) in [6.07, 6.45) is 0. The van der Waals surface area contributed by atoms with E-state index in [4.69, 9.17) is 0 Å². The summed E-state index contributed by atoms with van der Waals surface area (Å²) in [6, 6.07) is 2.28. The Morgan fingerprint density at radius 2 is 2.00 bits per heavy atom. The maximum atomic E-state index is 11.9. The van der Waals surface area contributed by atoms with Crippen LogP contribution in [0.25, 0.3) is 0 Å². The first-order valence-electron chi connectivity index (χ1n) is 6.03. The molecule has 1 heterocycles. The SMILES string of the molecule is CC(C)NCc1cc(C(C)(C)C)nn(C)c1=O. The number of rotatable bonds is 3. The van der Waals surface area contributed by atoms with Gasteiger partial charge in [0.1, 0.15) is 0 Å². The van der Waals surface area contributed by atoms with E-state index in [9.17, 15) is 4.79 Å². The van der Waals surface area contributed by atoms with Crippen LogP contribution < -0.4 is 10.9 Å². The average molecular weight is 237 g/mol. The van der Waals surface area contributed by atoms with Gasteiger partial charge in [-0.2, -0.15) is 5.10 Å². The second kappa shape index (κ2) is 5.00. The highest BCUT2D eigenvalue weighted by atomic mass is 16.1. The van der Waals surface area contributed by atoms with Crippen LogP contribution in [-0.4, -0.2) is 15.8 Å². The molecule has 0 saturated carbocycles.